The Morgan fingerprint density at radius 2 is 1.41 bits per heavy atom. The molecule has 0 spiro atoms. The number of carbonyl (C=O) groups is 1. The van der Waals surface area contributed by atoms with Crippen LogP contribution in [0.25, 0.3) is 0 Å². The molecule has 0 heterocycles. The Hall–Kier alpha value is -1.04. The van der Waals surface area contributed by atoms with E-state index < -0.39 is 0 Å². The molecule has 0 saturated heterocycles. The van der Waals surface area contributed by atoms with Gasteiger partial charge in [0.05, 0.1) is 6.07 Å². The number of unbranched alkanes of at least 4 members (excludes halogenated alkanes) is 2. The molecule has 0 aliphatic rings. The molecule has 0 bridgehead atoms. The van der Waals surface area contributed by atoms with Crippen LogP contribution < -0.4 is 0 Å². The molecule has 0 rings (SSSR count). The minimum atomic E-state index is 0.0207. The van der Waals surface area contributed by atoms with Gasteiger partial charge in [0.1, 0.15) is 6.42 Å². The lowest BCUT2D eigenvalue weighted by atomic mass is 9.95. The van der Waals surface area contributed by atoms with Gasteiger partial charge in [-0.05, 0) is 24.7 Å². The zero-order chi connectivity index (χ0) is 16.8. The molecule has 0 aliphatic heterocycles. The van der Waals surface area contributed by atoms with Crippen LogP contribution in [0.3, 0.4) is 0 Å². The fourth-order valence-corrected chi connectivity index (χ4v) is 2.92. The average molecular weight is 309 g/mol. The SMILES string of the molecule is CCCCC(CC)CN(CC(CC)CCCC)C(=O)CC#N. The summed E-state index contributed by atoms with van der Waals surface area (Å²) >= 11 is 0. The highest BCUT2D eigenvalue weighted by Gasteiger charge is 2.20. The van der Waals surface area contributed by atoms with Crippen molar-refractivity contribution in [2.75, 3.05) is 13.1 Å². The van der Waals surface area contributed by atoms with Crippen molar-refractivity contribution in [3.05, 3.63) is 0 Å². The van der Waals surface area contributed by atoms with Crippen LogP contribution in [0.1, 0.15) is 85.5 Å². The standard InChI is InChI=1S/C19H36N2O/c1-5-9-11-17(7-3)15-21(19(22)13-14-20)16-18(8-4)12-10-6-2/h17-18H,5-13,15-16H2,1-4H3. The predicted octanol–water partition coefficient (Wildman–Crippen LogP) is 5.16. The topological polar surface area (TPSA) is 44.1 Å². The lowest BCUT2D eigenvalue weighted by Gasteiger charge is -2.30. The van der Waals surface area contributed by atoms with Gasteiger partial charge >= 0.3 is 0 Å². The summed E-state index contributed by atoms with van der Waals surface area (Å²) in [5.41, 5.74) is 0. The molecule has 3 nitrogen and oxygen atoms in total. The van der Waals surface area contributed by atoms with E-state index in [1.54, 1.807) is 0 Å². The molecule has 0 aromatic heterocycles. The number of nitrogens with zero attached hydrogens (tertiary/aromatic N) is 2. The molecule has 2 atom stereocenters. The van der Waals surface area contributed by atoms with Crippen LogP contribution in [0, 0.1) is 23.2 Å². The van der Waals surface area contributed by atoms with E-state index in [0.717, 1.165) is 25.9 Å². The van der Waals surface area contributed by atoms with Crippen LogP contribution in [0.5, 0.6) is 0 Å². The molecular formula is C19H36N2O. The Balaban J connectivity index is 4.72. The van der Waals surface area contributed by atoms with E-state index in [1.165, 1.54) is 38.5 Å². The van der Waals surface area contributed by atoms with Crippen LogP contribution in [0.2, 0.25) is 0 Å². The third-order valence-electron chi connectivity index (χ3n) is 4.63. The number of nitriles is 1. The van der Waals surface area contributed by atoms with E-state index in [1.807, 2.05) is 11.0 Å². The van der Waals surface area contributed by atoms with Crippen molar-refractivity contribution in [2.24, 2.45) is 11.8 Å². The fourth-order valence-electron chi connectivity index (χ4n) is 2.92. The summed E-state index contributed by atoms with van der Waals surface area (Å²) in [6, 6.07) is 2.03. The predicted molar refractivity (Wildman–Crippen MR) is 93.4 cm³/mol. The number of hydrogen-bond acceptors (Lipinski definition) is 2. The first-order valence-corrected chi connectivity index (χ1v) is 9.27. The third-order valence-corrected chi connectivity index (χ3v) is 4.63. The highest BCUT2D eigenvalue weighted by Crippen LogP contribution is 2.19. The Labute approximate surface area is 138 Å². The lowest BCUT2D eigenvalue weighted by Crippen LogP contribution is -2.38. The second kappa shape index (κ2) is 13.6. The van der Waals surface area contributed by atoms with Gasteiger partial charge in [-0.15, -0.1) is 0 Å². The molecule has 0 aromatic carbocycles. The van der Waals surface area contributed by atoms with Gasteiger partial charge in [0, 0.05) is 13.1 Å². The van der Waals surface area contributed by atoms with Crippen LogP contribution in [0.4, 0.5) is 0 Å². The molecule has 2 unspecified atom stereocenters. The van der Waals surface area contributed by atoms with Gasteiger partial charge in [-0.25, -0.2) is 0 Å². The number of rotatable bonds is 13. The van der Waals surface area contributed by atoms with Crippen molar-refractivity contribution in [3.63, 3.8) is 0 Å². The second-order valence-corrected chi connectivity index (χ2v) is 6.47. The van der Waals surface area contributed by atoms with Gasteiger partial charge in [0.15, 0.2) is 0 Å². The van der Waals surface area contributed by atoms with E-state index in [2.05, 4.69) is 27.7 Å². The van der Waals surface area contributed by atoms with E-state index in [-0.39, 0.29) is 12.3 Å². The molecule has 3 heteroatoms. The molecule has 1 amide bonds. The zero-order valence-corrected chi connectivity index (χ0v) is 15.2. The highest BCUT2D eigenvalue weighted by molar-refractivity contribution is 5.78. The molecule has 0 radical (unpaired) electrons. The first-order valence-electron chi connectivity index (χ1n) is 9.27. The summed E-state index contributed by atoms with van der Waals surface area (Å²) in [5.74, 6) is 1.17. The largest absolute Gasteiger partial charge is 0.341 e. The fraction of sp³-hybridized carbons (Fsp3) is 0.895. The molecule has 128 valence electrons. The van der Waals surface area contributed by atoms with E-state index in [0.29, 0.717) is 11.8 Å². The second-order valence-electron chi connectivity index (χ2n) is 6.47. The number of hydrogen-bond donors (Lipinski definition) is 0. The van der Waals surface area contributed by atoms with Gasteiger partial charge < -0.3 is 4.90 Å². The Bertz CT molecular complexity index is 304. The van der Waals surface area contributed by atoms with Crippen LogP contribution >= 0.6 is 0 Å². The van der Waals surface area contributed by atoms with Gasteiger partial charge in [-0.2, -0.15) is 5.26 Å². The third kappa shape index (κ3) is 9.07. The first kappa shape index (κ1) is 21.0. The van der Waals surface area contributed by atoms with Crippen molar-refractivity contribution in [1.29, 1.82) is 5.26 Å². The van der Waals surface area contributed by atoms with Crippen LogP contribution in [-0.4, -0.2) is 23.9 Å². The molecule has 0 aliphatic carbocycles. The number of carbonyl (C=O) groups excluding carboxylic acids is 1. The summed E-state index contributed by atoms with van der Waals surface area (Å²) in [5, 5.41) is 8.85. The summed E-state index contributed by atoms with van der Waals surface area (Å²) in [6.07, 6.45) is 9.49. The quantitative estimate of drug-likeness (QED) is 0.471. The van der Waals surface area contributed by atoms with E-state index in [9.17, 15) is 4.79 Å². The van der Waals surface area contributed by atoms with Crippen molar-refractivity contribution in [1.82, 2.24) is 4.90 Å². The van der Waals surface area contributed by atoms with Crippen molar-refractivity contribution in [3.8, 4) is 6.07 Å². The summed E-state index contributed by atoms with van der Waals surface area (Å²) in [4.78, 5) is 14.3. The smallest absolute Gasteiger partial charge is 0.236 e. The minimum absolute atomic E-state index is 0.0207. The summed E-state index contributed by atoms with van der Waals surface area (Å²) < 4.78 is 0. The van der Waals surface area contributed by atoms with Crippen molar-refractivity contribution < 1.29 is 4.79 Å². The first-order chi connectivity index (χ1) is 10.6. The minimum Gasteiger partial charge on any atom is -0.341 e. The Morgan fingerprint density at radius 1 is 0.955 bits per heavy atom. The van der Waals surface area contributed by atoms with Crippen LogP contribution in [-0.2, 0) is 4.79 Å². The summed E-state index contributed by atoms with van der Waals surface area (Å²) in [6.45, 7) is 10.5. The molecular weight excluding hydrogens is 272 g/mol. The lowest BCUT2D eigenvalue weighted by molar-refractivity contribution is -0.131. The maximum absolute atomic E-state index is 12.3. The van der Waals surface area contributed by atoms with E-state index in [4.69, 9.17) is 5.26 Å². The molecule has 0 saturated carbocycles. The zero-order valence-electron chi connectivity index (χ0n) is 15.2. The maximum Gasteiger partial charge on any atom is 0.236 e. The Morgan fingerprint density at radius 3 is 1.73 bits per heavy atom. The van der Waals surface area contributed by atoms with Gasteiger partial charge in [0.25, 0.3) is 0 Å². The average Bonchev–Trinajstić information content (AvgIpc) is 2.53. The monoisotopic (exact) mass is 308 g/mol. The van der Waals surface area contributed by atoms with Crippen molar-refractivity contribution in [2.45, 2.75) is 85.5 Å². The van der Waals surface area contributed by atoms with Crippen LogP contribution in [0.15, 0.2) is 0 Å². The summed E-state index contributed by atoms with van der Waals surface area (Å²) in [7, 11) is 0. The maximum atomic E-state index is 12.3. The normalized spacial score (nSPS) is 13.4. The van der Waals surface area contributed by atoms with Gasteiger partial charge in [-0.1, -0.05) is 66.2 Å². The van der Waals surface area contributed by atoms with Crippen molar-refractivity contribution >= 4 is 5.91 Å². The number of amides is 1. The highest BCUT2D eigenvalue weighted by atomic mass is 16.2. The van der Waals surface area contributed by atoms with Gasteiger partial charge in [-0.3, -0.25) is 4.79 Å². The van der Waals surface area contributed by atoms with Gasteiger partial charge in [0.2, 0.25) is 5.91 Å². The van der Waals surface area contributed by atoms with E-state index >= 15 is 0 Å². The molecule has 0 aromatic rings. The Kier molecular flexibility index (Phi) is 13.0. The molecule has 0 N–H and O–H groups in total. The molecule has 22 heavy (non-hydrogen) atoms. The molecule has 0 fully saturated rings.